The number of hydrogen-bond acceptors (Lipinski definition) is 3. The molecule has 0 saturated carbocycles. The highest BCUT2D eigenvalue weighted by Gasteiger charge is 2.29. The molecule has 1 aromatic heterocycles. The van der Waals surface area contributed by atoms with E-state index in [1.807, 2.05) is 0 Å². The zero-order chi connectivity index (χ0) is 18.8. The van der Waals surface area contributed by atoms with Crippen LogP contribution in [0.2, 0.25) is 0 Å². The molecule has 0 bridgehead atoms. The van der Waals surface area contributed by atoms with Gasteiger partial charge in [-0.2, -0.15) is 0 Å². The summed E-state index contributed by atoms with van der Waals surface area (Å²) in [5.74, 6) is -2.09. The fraction of sp³-hybridized carbons (Fsp3) is 0.200. The number of nitrogens with zero attached hydrogens (tertiary/aromatic N) is 1. The minimum absolute atomic E-state index is 0.0293. The maximum Gasteiger partial charge on any atom is 0.353 e. The van der Waals surface area contributed by atoms with Gasteiger partial charge in [0.05, 0.1) is 12.1 Å². The van der Waals surface area contributed by atoms with Crippen molar-refractivity contribution in [2.45, 2.75) is 19.9 Å². The van der Waals surface area contributed by atoms with Crippen LogP contribution in [-0.2, 0) is 9.53 Å². The molecule has 0 amide bonds. The third kappa shape index (κ3) is 2.94. The Hall–Kier alpha value is -3.15. The normalized spacial score (nSPS) is 12.1. The van der Waals surface area contributed by atoms with E-state index in [-0.39, 0.29) is 12.3 Å². The molecule has 0 radical (unpaired) electrons. The fourth-order valence-electron chi connectivity index (χ4n) is 3.15. The topological polar surface area (TPSA) is 68.5 Å². The number of benzene rings is 2. The van der Waals surface area contributed by atoms with Crippen LogP contribution in [0.15, 0.2) is 48.5 Å². The number of carbonyl (C=O) groups excluding carboxylic acids is 1. The molecular weight excluding hydrogens is 337 g/mol. The van der Waals surface area contributed by atoms with Crippen molar-refractivity contribution in [2.24, 2.45) is 0 Å². The first kappa shape index (κ1) is 17.7. The van der Waals surface area contributed by atoms with Gasteiger partial charge in [0.15, 0.2) is 0 Å². The quantitative estimate of drug-likeness (QED) is 0.694. The molecule has 1 atom stereocenters. The highest BCUT2D eigenvalue weighted by atomic mass is 19.1. The third-order valence-electron chi connectivity index (χ3n) is 4.26. The second-order valence-electron chi connectivity index (χ2n) is 5.85. The van der Waals surface area contributed by atoms with Crippen molar-refractivity contribution in [3.63, 3.8) is 0 Å². The highest BCUT2D eigenvalue weighted by Crippen LogP contribution is 2.37. The van der Waals surface area contributed by atoms with E-state index in [9.17, 15) is 19.1 Å². The molecule has 0 aliphatic rings. The Morgan fingerprint density at radius 3 is 2.42 bits per heavy atom. The zero-order valence-electron chi connectivity index (χ0n) is 14.4. The lowest BCUT2D eigenvalue weighted by Gasteiger charge is -2.16. The summed E-state index contributed by atoms with van der Waals surface area (Å²) in [4.78, 5) is 24.4. The number of carbonyl (C=O) groups is 2. The second kappa shape index (κ2) is 7.00. The van der Waals surface area contributed by atoms with E-state index in [2.05, 4.69) is 0 Å². The van der Waals surface area contributed by atoms with Gasteiger partial charge in [0.2, 0.25) is 0 Å². The van der Waals surface area contributed by atoms with E-state index in [0.29, 0.717) is 22.0 Å². The van der Waals surface area contributed by atoms with Crippen molar-refractivity contribution in [2.75, 3.05) is 6.61 Å². The van der Waals surface area contributed by atoms with Crippen LogP contribution < -0.4 is 0 Å². The number of hydrogen-bond donors (Lipinski definition) is 1. The van der Waals surface area contributed by atoms with Crippen LogP contribution in [0.5, 0.6) is 0 Å². The number of carboxylic acids is 1. The second-order valence-corrected chi connectivity index (χ2v) is 5.85. The average Bonchev–Trinajstić information content (AvgIpc) is 2.97. The monoisotopic (exact) mass is 355 g/mol. The Kier molecular flexibility index (Phi) is 4.75. The van der Waals surface area contributed by atoms with Gasteiger partial charge in [0, 0.05) is 10.9 Å². The van der Waals surface area contributed by atoms with Gasteiger partial charge in [-0.1, -0.05) is 30.3 Å². The van der Waals surface area contributed by atoms with Gasteiger partial charge < -0.3 is 14.4 Å². The van der Waals surface area contributed by atoms with Crippen molar-refractivity contribution in [3.8, 4) is 11.1 Å². The molecule has 3 rings (SSSR count). The summed E-state index contributed by atoms with van der Waals surface area (Å²) < 4.78 is 19.9. The van der Waals surface area contributed by atoms with E-state index in [1.165, 1.54) is 28.8 Å². The average molecular weight is 355 g/mol. The first-order valence-electron chi connectivity index (χ1n) is 8.24. The van der Waals surface area contributed by atoms with Crippen LogP contribution in [0, 0.1) is 5.82 Å². The molecule has 134 valence electrons. The summed E-state index contributed by atoms with van der Waals surface area (Å²) in [5, 5.41) is 10.6. The number of aromatic nitrogens is 1. The molecule has 2 aromatic carbocycles. The minimum Gasteiger partial charge on any atom is -0.477 e. The molecule has 1 N–H and O–H groups in total. The van der Waals surface area contributed by atoms with Crippen molar-refractivity contribution in [1.82, 2.24) is 4.57 Å². The van der Waals surface area contributed by atoms with Crippen molar-refractivity contribution in [3.05, 3.63) is 60.0 Å². The van der Waals surface area contributed by atoms with Crippen LogP contribution >= 0.6 is 0 Å². The smallest absolute Gasteiger partial charge is 0.353 e. The summed E-state index contributed by atoms with van der Waals surface area (Å²) in [6.45, 7) is 3.50. The SMILES string of the molecule is CCOC(=O)C(C)n1c(C(=O)O)c(-c2ccc(F)cc2)c2ccccc21. The van der Waals surface area contributed by atoms with Gasteiger partial charge in [-0.3, -0.25) is 0 Å². The molecule has 0 aliphatic heterocycles. The molecule has 3 aromatic rings. The van der Waals surface area contributed by atoms with E-state index in [1.54, 1.807) is 38.1 Å². The molecule has 26 heavy (non-hydrogen) atoms. The van der Waals surface area contributed by atoms with E-state index in [0.717, 1.165) is 0 Å². The summed E-state index contributed by atoms with van der Waals surface area (Å²) in [7, 11) is 0. The Labute approximate surface area is 149 Å². The lowest BCUT2D eigenvalue weighted by Crippen LogP contribution is -2.22. The van der Waals surface area contributed by atoms with Gasteiger partial charge in [-0.25, -0.2) is 14.0 Å². The molecule has 0 saturated heterocycles. The van der Waals surface area contributed by atoms with Crippen molar-refractivity contribution >= 4 is 22.8 Å². The molecule has 6 heteroatoms. The lowest BCUT2D eigenvalue weighted by atomic mass is 10.0. The van der Waals surface area contributed by atoms with Gasteiger partial charge in [0.1, 0.15) is 17.6 Å². The largest absolute Gasteiger partial charge is 0.477 e. The van der Waals surface area contributed by atoms with Crippen molar-refractivity contribution in [1.29, 1.82) is 0 Å². The van der Waals surface area contributed by atoms with Gasteiger partial charge >= 0.3 is 11.9 Å². The maximum atomic E-state index is 13.3. The maximum absolute atomic E-state index is 13.3. The van der Waals surface area contributed by atoms with Gasteiger partial charge in [-0.15, -0.1) is 0 Å². The number of fused-ring (bicyclic) bond motifs is 1. The molecule has 0 spiro atoms. The molecule has 0 aliphatic carbocycles. The number of aromatic carboxylic acids is 1. The Morgan fingerprint density at radius 2 is 1.81 bits per heavy atom. The molecule has 0 fully saturated rings. The summed E-state index contributed by atoms with van der Waals surface area (Å²) in [6, 6.07) is 11.9. The van der Waals surface area contributed by atoms with E-state index >= 15 is 0 Å². The predicted molar refractivity (Wildman–Crippen MR) is 95.6 cm³/mol. The Balaban J connectivity index is 2.35. The van der Waals surface area contributed by atoms with Crippen LogP contribution in [0.4, 0.5) is 4.39 Å². The predicted octanol–water partition coefficient (Wildman–Crippen LogP) is 4.27. The van der Waals surface area contributed by atoms with Gasteiger partial charge in [0.25, 0.3) is 0 Å². The number of para-hydroxylation sites is 1. The molecular formula is C20H18FNO4. The first-order valence-corrected chi connectivity index (χ1v) is 8.24. The van der Waals surface area contributed by atoms with Crippen molar-refractivity contribution < 1.29 is 23.8 Å². The van der Waals surface area contributed by atoms with Crippen LogP contribution in [-0.4, -0.2) is 28.2 Å². The number of carboxylic acid groups (broad SMARTS) is 1. The van der Waals surface area contributed by atoms with Crippen LogP contribution in [0.25, 0.3) is 22.0 Å². The summed E-state index contributed by atoms with van der Waals surface area (Å²) in [6.07, 6.45) is 0. The van der Waals surface area contributed by atoms with E-state index in [4.69, 9.17) is 4.74 Å². The minimum atomic E-state index is -1.17. The van der Waals surface area contributed by atoms with Crippen LogP contribution in [0.3, 0.4) is 0 Å². The molecule has 5 nitrogen and oxygen atoms in total. The number of rotatable bonds is 5. The first-order chi connectivity index (χ1) is 12.5. The van der Waals surface area contributed by atoms with Gasteiger partial charge in [-0.05, 0) is 37.6 Å². The summed E-state index contributed by atoms with van der Waals surface area (Å²) >= 11 is 0. The third-order valence-corrected chi connectivity index (χ3v) is 4.26. The number of esters is 1. The molecule has 1 heterocycles. The van der Waals surface area contributed by atoms with Crippen LogP contribution in [0.1, 0.15) is 30.4 Å². The number of ether oxygens (including phenoxy) is 1. The van der Waals surface area contributed by atoms with E-state index < -0.39 is 23.8 Å². The standard InChI is InChI=1S/C20H18FNO4/c1-3-26-20(25)12(2)22-16-7-5-4-6-15(16)17(18(22)19(23)24)13-8-10-14(21)11-9-13/h4-12H,3H2,1-2H3,(H,23,24). The highest BCUT2D eigenvalue weighted by molar-refractivity contribution is 6.08. The molecule has 1 unspecified atom stereocenters. The zero-order valence-corrected chi connectivity index (χ0v) is 14.4. The fourth-order valence-corrected chi connectivity index (χ4v) is 3.15. The Morgan fingerprint density at radius 1 is 1.15 bits per heavy atom. The summed E-state index contributed by atoms with van der Waals surface area (Å²) in [5.41, 5.74) is 1.59. The Bertz CT molecular complexity index is 975. The lowest BCUT2D eigenvalue weighted by molar-refractivity contribution is -0.146. The number of halogens is 1.